The van der Waals surface area contributed by atoms with Gasteiger partial charge in [-0.3, -0.25) is 0 Å². The fourth-order valence-electron chi connectivity index (χ4n) is 3.21. The van der Waals surface area contributed by atoms with Gasteiger partial charge in [0.15, 0.2) is 0 Å². The molecule has 0 amide bonds. The lowest BCUT2D eigenvalue weighted by atomic mass is 9.92. The molecule has 1 heterocycles. The van der Waals surface area contributed by atoms with E-state index in [1.807, 2.05) is 44.2 Å². The molecule has 0 N–H and O–H groups in total. The Hall–Kier alpha value is -2.60. The molecule has 1 aromatic heterocycles. The Morgan fingerprint density at radius 2 is 1.52 bits per heavy atom. The van der Waals surface area contributed by atoms with Crippen molar-refractivity contribution in [2.75, 3.05) is 0 Å². The lowest BCUT2D eigenvalue weighted by Crippen LogP contribution is -2.27. The highest BCUT2D eigenvalue weighted by Crippen LogP contribution is 2.37. The molecular weight excluding hydrogens is 388 g/mol. The summed E-state index contributed by atoms with van der Waals surface area (Å²) in [6.07, 6.45) is 0. The van der Waals surface area contributed by atoms with Crippen molar-refractivity contribution in [2.45, 2.75) is 59.4 Å². The summed E-state index contributed by atoms with van der Waals surface area (Å²) in [6.45, 7) is 12.2. The van der Waals surface area contributed by atoms with Crippen LogP contribution in [0.4, 0.5) is 0 Å². The molecule has 0 bridgehead atoms. The predicted molar refractivity (Wildman–Crippen MR) is 116 cm³/mol. The third-order valence-corrected chi connectivity index (χ3v) is 5.07. The van der Waals surface area contributed by atoms with Crippen LogP contribution in [0.3, 0.4) is 0 Å². The minimum absolute atomic E-state index is 0.0657. The zero-order chi connectivity index (χ0) is 21.3. The standard InChI is InChI=1S/C22H27ClN4O2/c1-13(2)17-11-16(29-20-10-8-7-9-19(20)23)12-18(14(3)4)21(17)27-22(28)26(15(5)6)24-25-27/h7-15H,1-6H3. The fourth-order valence-corrected chi connectivity index (χ4v) is 3.39. The predicted octanol–water partition coefficient (Wildman–Crippen LogP) is 5.70. The van der Waals surface area contributed by atoms with Gasteiger partial charge in [-0.25, -0.2) is 4.79 Å². The Morgan fingerprint density at radius 3 is 2.00 bits per heavy atom. The maximum absolute atomic E-state index is 12.9. The second-order valence-corrected chi connectivity index (χ2v) is 8.41. The summed E-state index contributed by atoms with van der Waals surface area (Å²) in [4.78, 5) is 12.9. The summed E-state index contributed by atoms with van der Waals surface area (Å²) in [5.74, 6) is 1.56. The van der Waals surface area contributed by atoms with Gasteiger partial charge in [0.2, 0.25) is 0 Å². The van der Waals surface area contributed by atoms with E-state index in [9.17, 15) is 4.79 Å². The lowest BCUT2D eigenvalue weighted by molar-refractivity contribution is 0.480. The van der Waals surface area contributed by atoms with Crippen molar-refractivity contribution in [1.29, 1.82) is 0 Å². The Kier molecular flexibility index (Phi) is 6.13. The van der Waals surface area contributed by atoms with Crippen LogP contribution in [0.25, 0.3) is 5.69 Å². The first-order valence-corrected chi connectivity index (χ1v) is 10.2. The third kappa shape index (κ3) is 4.22. The second-order valence-electron chi connectivity index (χ2n) is 8.00. The van der Waals surface area contributed by atoms with E-state index < -0.39 is 0 Å². The molecule has 0 spiro atoms. The molecule has 3 aromatic rings. The summed E-state index contributed by atoms with van der Waals surface area (Å²) in [6, 6.07) is 11.2. The van der Waals surface area contributed by atoms with Gasteiger partial charge in [-0.1, -0.05) is 51.4 Å². The quantitative estimate of drug-likeness (QED) is 0.518. The number of halogens is 1. The Balaban J connectivity index is 2.21. The highest BCUT2D eigenvalue weighted by Gasteiger charge is 2.22. The van der Waals surface area contributed by atoms with Gasteiger partial charge in [0, 0.05) is 0 Å². The highest BCUT2D eigenvalue weighted by atomic mass is 35.5. The van der Waals surface area contributed by atoms with E-state index in [0.717, 1.165) is 16.8 Å². The highest BCUT2D eigenvalue weighted by molar-refractivity contribution is 6.32. The van der Waals surface area contributed by atoms with Gasteiger partial charge in [-0.05, 0) is 71.5 Å². The van der Waals surface area contributed by atoms with Gasteiger partial charge in [0.1, 0.15) is 11.5 Å². The lowest BCUT2D eigenvalue weighted by Gasteiger charge is -2.20. The molecule has 0 atom stereocenters. The van der Waals surface area contributed by atoms with Crippen molar-refractivity contribution < 1.29 is 4.74 Å². The molecule has 29 heavy (non-hydrogen) atoms. The average molecular weight is 415 g/mol. The summed E-state index contributed by atoms with van der Waals surface area (Å²) < 4.78 is 8.89. The van der Waals surface area contributed by atoms with Gasteiger partial charge in [0.25, 0.3) is 0 Å². The van der Waals surface area contributed by atoms with Crippen molar-refractivity contribution in [3.63, 3.8) is 0 Å². The fraction of sp³-hybridized carbons (Fsp3) is 0.409. The number of benzene rings is 2. The molecule has 0 radical (unpaired) electrons. The largest absolute Gasteiger partial charge is 0.456 e. The number of tetrazole rings is 1. The summed E-state index contributed by atoms with van der Waals surface area (Å²) in [5.41, 5.74) is 2.47. The molecule has 0 saturated carbocycles. The van der Waals surface area contributed by atoms with Crippen LogP contribution < -0.4 is 10.4 Å². The molecule has 154 valence electrons. The number of nitrogens with zero attached hydrogens (tertiary/aromatic N) is 4. The zero-order valence-electron chi connectivity index (χ0n) is 17.7. The number of hydrogen-bond acceptors (Lipinski definition) is 4. The van der Waals surface area contributed by atoms with E-state index in [0.29, 0.717) is 16.5 Å². The van der Waals surface area contributed by atoms with E-state index >= 15 is 0 Å². The van der Waals surface area contributed by atoms with E-state index in [4.69, 9.17) is 16.3 Å². The normalized spacial score (nSPS) is 11.7. The number of ether oxygens (including phenoxy) is 1. The number of para-hydroxylation sites is 1. The van der Waals surface area contributed by atoms with Gasteiger partial charge in [0.05, 0.1) is 16.8 Å². The van der Waals surface area contributed by atoms with Crippen LogP contribution in [-0.2, 0) is 0 Å². The van der Waals surface area contributed by atoms with Gasteiger partial charge in [-0.15, -0.1) is 0 Å². The average Bonchev–Trinajstić information content (AvgIpc) is 3.04. The number of rotatable bonds is 6. The molecular formula is C22H27ClN4O2. The minimum Gasteiger partial charge on any atom is -0.456 e. The molecule has 6 nitrogen and oxygen atoms in total. The Bertz CT molecular complexity index is 1040. The first-order valence-electron chi connectivity index (χ1n) is 9.85. The first-order chi connectivity index (χ1) is 13.7. The Labute approximate surface area is 176 Å². The van der Waals surface area contributed by atoms with Crippen LogP contribution >= 0.6 is 11.6 Å². The molecule has 2 aromatic carbocycles. The molecule has 0 unspecified atom stereocenters. The molecule has 0 aliphatic carbocycles. The van der Waals surface area contributed by atoms with Gasteiger partial charge < -0.3 is 4.74 Å². The van der Waals surface area contributed by atoms with Crippen molar-refractivity contribution >= 4 is 11.6 Å². The van der Waals surface area contributed by atoms with Crippen LogP contribution in [0, 0.1) is 0 Å². The SMILES string of the molecule is CC(C)c1cc(Oc2ccccc2Cl)cc(C(C)C)c1-n1nnn(C(C)C)c1=O. The number of aromatic nitrogens is 4. The van der Waals surface area contributed by atoms with Crippen molar-refractivity contribution in [3.05, 3.63) is 63.0 Å². The Morgan fingerprint density at radius 1 is 0.931 bits per heavy atom. The first kappa shape index (κ1) is 21.1. The van der Waals surface area contributed by atoms with E-state index in [1.54, 1.807) is 6.07 Å². The van der Waals surface area contributed by atoms with Crippen LogP contribution in [-0.4, -0.2) is 19.8 Å². The molecule has 0 saturated heterocycles. The van der Waals surface area contributed by atoms with Crippen LogP contribution in [0.2, 0.25) is 5.02 Å². The summed E-state index contributed by atoms with van der Waals surface area (Å²) in [7, 11) is 0. The van der Waals surface area contributed by atoms with Crippen LogP contribution in [0.15, 0.2) is 41.2 Å². The molecule has 0 aliphatic rings. The third-order valence-electron chi connectivity index (χ3n) is 4.75. The van der Waals surface area contributed by atoms with E-state index in [1.165, 1.54) is 9.36 Å². The topological polar surface area (TPSA) is 61.9 Å². The maximum atomic E-state index is 12.9. The van der Waals surface area contributed by atoms with Crippen molar-refractivity contribution in [3.8, 4) is 17.2 Å². The maximum Gasteiger partial charge on any atom is 0.368 e. The van der Waals surface area contributed by atoms with E-state index in [2.05, 4.69) is 38.1 Å². The zero-order valence-corrected chi connectivity index (χ0v) is 18.4. The molecule has 0 fully saturated rings. The monoisotopic (exact) mass is 414 g/mol. The van der Waals surface area contributed by atoms with Crippen molar-refractivity contribution in [1.82, 2.24) is 19.8 Å². The number of hydrogen-bond donors (Lipinski definition) is 0. The summed E-state index contributed by atoms with van der Waals surface area (Å²) >= 11 is 6.27. The van der Waals surface area contributed by atoms with Gasteiger partial charge in [-0.2, -0.15) is 9.36 Å². The van der Waals surface area contributed by atoms with Crippen molar-refractivity contribution in [2.24, 2.45) is 0 Å². The van der Waals surface area contributed by atoms with Crippen LogP contribution in [0.5, 0.6) is 11.5 Å². The summed E-state index contributed by atoms with van der Waals surface area (Å²) in [5, 5.41) is 8.79. The minimum atomic E-state index is -0.247. The molecule has 0 aliphatic heterocycles. The van der Waals surface area contributed by atoms with Crippen LogP contribution in [0.1, 0.15) is 70.5 Å². The molecule has 7 heteroatoms. The smallest absolute Gasteiger partial charge is 0.368 e. The van der Waals surface area contributed by atoms with E-state index in [-0.39, 0.29) is 23.6 Å². The van der Waals surface area contributed by atoms with Gasteiger partial charge >= 0.3 is 5.69 Å². The second kappa shape index (κ2) is 8.41. The molecule has 3 rings (SSSR count).